The van der Waals surface area contributed by atoms with E-state index in [4.69, 9.17) is 12.2 Å². The fraction of sp³-hybridized carbons (Fsp3) is 0.462. The van der Waals surface area contributed by atoms with E-state index in [1.807, 2.05) is 28.8 Å². The van der Waals surface area contributed by atoms with Crippen LogP contribution < -0.4 is 0 Å². The first-order valence-corrected chi connectivity index (χ1v) is 6.87. The summed E-state index contributed by atoms with van der Waals surface area (Å²) in [5, 5.41) is 6.66. The van der Waals surface area contributed by atoms with Crippen LogP contribution in [0.3, 0.4) is 0 Å². The highest BCUT2D eigenvalue weighted by atomic mass is 32.1. The molecule has 2 aromatic rings. The molecule has 1 aliphatic rings. The summed E-state index contributed by atoms with van der Waals surface area (Å²) < 4.78 is 2.45. The predicted molar refractivity (Wildman–Crippen MR) is 76.7 cm³/mol. The van der Waals surface area contributed by atoms with Crippen LogP contribution in [0.1, 0.15) is 19.8 Å². The molecule has 0 aromatic carbocycles. The van der Waals surface area contributed by atoms with E-state index in [-0.39, 0.29) is 0 Å². The van der Waals surface area contributed by atoms with Crippen molar-refractivity contribution in [2.45, 2.75) is 19.8 Å². The Morgan fingerprint density at radius 3 is 2.74 bits per heavy atom. The Morgan fingerprint density at radius 1 is 1.37 bits per heavy atom. The van der Waals surface area contributed by atoms with Crippen LogP contribution in [0.2, 0.25) is 0 Å². The van der Waals surface area contributed by atoms with Gasteiger partial charge in [0.15, 0.2) is 10.4 Å². The number of hydrogen-bond acceptors (Lipinski definition) is 4. The number of hydrogen-bond donors (Lipinski definition) is 1. The number of aromatic nitrogens is 3. The van der Waals surface area contributed by atoms with E-state index in [0.717, 1.165) is 38.1 Å². The smallest absolute Gasteiger partial charge is 0.199 e. The van der Waals surface area contributed by atoms with E-state index < -0.39 is 0 Å². The van der Waals surface area contributed by atoms with Gasteiger partial charge in [-0.15, -0.1) is 0 Å². The molecule has 1 aliphatic heterocycles. The monoisotopic (exact) mass is 278 g/mol. The van der Waals surface area contributed by atoms with Crippen molar-refractivity contribution >= 4 is 23.6 Å². The number of ketones is 1. The van der Waals surface area contributed by atoms with Crippen LogP contribution >= 0.6 is 12.2 Å². The molecule has 1 saturated heterocycles. The van der Waals surface area contributed by atoms with Gasteiger partial charge >= 0.3 is 0 Å². The van der Waals surface area contributed by atoms with E-state index in [1.54, 1.807) is 0 Å². The van der Waals surface area contributed by atoms with Crippen molar-refractivity contribution in [1.82, 2.24) is 19.5 Å². The summed E-state index contributed by atoms with van der Waals surface area (Å²) in [4.78, 5) is 13.0. The number of pyridine rings is 1. The molecule has 0 aliphatic carbocycles. The summed E-state index contributed by atoms with van der Waals surface area (Å²) in [6.07, 6.45) is 3.42. The normalized spacial score (nSPS) is 16.2. The number of aromatic amines is 1. The number of rotatable bonds is 1. The zero-order valence-corrected chi connectivity index (χ0v) is 11.8. The van der Waals surface area contributed by atoms with Gasteiger partial charge in [0.2, 0.25) is 0 Å². The molecule has 0 spiro atoms. The molecule has 0 unspecified atom stereocenters. The van der Waals surface area contributed by atoms with Crippen LogP contribution in [0.25, 0.3) is 5.65 Å². The van der Waals surface area contributed by atoms with Crippen molar-refractivity contribution in [3.63, 3.8) is 0 Å². The molecule has 19 heavy (non-hydrogen) atoms. The number of fused-ring (bicyclic) bond motifs is 1. The third kappa shape index (κ3) is 3.71. The molecular weight excluding hydrogens is 260 g/mol. The van der Waals surface area contributed by atoms with Gasteiger partial charge in [-0.25, -0.2) is 0 Å². The lowest BCUT2D eigenvalue weighted by Crippen LogP contribution is -2.33. The summed E-state index contributed by atoms with van der Waals surface area (Å²) in [7, 11) is 0. The maximum absolute atomic E-state index is 10.7. The van der Waals surface area contributed by atoms with Gasteiger partial charge in [-0.1, -0.05) is 13.0 Å². The fourth-order valence-electron chi connectivity index (χ4n) is 1.97. The highest BCUT2D eigenvalue weighted by Gasteiger charge is 2.13. The minimum absolute atomic E-state index is 0.430. The molecule has 5 nitrogen and oxygen atoms in total. The van der Waals surface area contributed by atoms with Crippen molar-refractivity contribution in [3.05, 3.63) is 29.2 Å². The third-order valence-electron chi connectivity index (χ3n) is 3.18. The van der Waals surface area contributed by atoms with Crippen LogP contribution in [0, 0.1) is 4.77 Å². The van der Waals surface area contributed by atoms with E-state index in [0.29, 0.717) is 10.6 Å². The zero-order chi connectivity index (χ0) is 13.7. The van der Waals surface area contributed by atoms with Gasteiger partial charge < -0.3 is 4.90 Å². The minimum Gasteiger partial charge on any atom is -0.303 e. The number of carbonyl (C=O) groups is 1. The molecule has 0 bridgehead atoms. The summed E-state index contributed by atoms with van der Waals surface area (Å²) in [6.45, 7) is 5.19. The first-order valence-electron chi connectivity index (χ1n) is 6.46. The van der Waals surface area contributed by atoms with E-state index in [9.17, 15) is 4.79 Å². The molecule has 6 heteroatoms. The molecule has 0 saturated carbocycles. The standard InChI is InChI=1S/C7H13NO.C6H5N3S/c1-2-8-5-3-7(9)4-6-8;10-6-8-7-5-3-1-2-4-9(5)6/h2-6H2,1H3;1-4H,(H,8,10). The van der Waals surface area contributed by atoms with Gasteiger partial charge in [-0.2, -0.15) is 5.10 Å². The molecule has 3 heterocycles. The fourth-order valence-corrected chi connectivity index (χ4v) is 2.17. The second-order valence-electron chi connectivity index (χ2n) is 4.43. The van der Waals surface area contributed by atoms with Gasteiger partial charge in [-0.05, 0) is 30.9 Å². The number of piperidine rings is 1. The number of nitrogens with one attached hydrogen (secondary N) is 1. The molecule has 0 amide bonds. The summed E-state index contributed by atoms with van der Waals surface area (Å²) in [6, 6.07) is 5.73. The molecule has 1 N–H and O–H groups in total. The van der Waals surface area contributed by atoms with Gasteiger partial charge in [0, 0.05) is 32.1 Å². The largest absolute Gasteiger partial charge is 0.303 e. The van der Waals surface area contributed by atoms with E-state index >= 15 is 0 Å². The third-order valence-corrected chi connectivity index (χ3v) is 3.47. The van der Waals surface area contributed by atoms with E-state index in [2.05, 4.69) is 22.0 Å². The average molecular weight is 278 g/mol. The molecular formula is C13H18N4OS. The van der Waals surface area contributed by atoms with Crippen LogP contribution in [0.15, 0.2) is 24.4 Å². The number of carbonyl (C=O) groups excluding carboxylic acids is 1. The topological polar surface area (TPSA) is 53.4 Å². The van der Waals surface area contributed by atoms with Crippen molar-refractivity contribution in [2.75, 3.05) is 19.6 Å². The average Bonchev–Trinajstić information content (AvgIpc) is 2.83. The molecule has 1 fully saturated rings. The van der Waals surface area contributed by atoms with Crippen molar-refractivity contribution in [2.24, 2.45) is 0 Å². The van der Waals surface area contributed by atoms with Crippen LogP contribution in [0.4, 0.5) is 0 Å². The number of H-pyrrole nitrogens is 1. The maximum atomic E-state index is 10.7. The Kier molecular flexibility index (Phi) is 4.81. The first kappa shape index (κ1) is 13.9. The lowest BCUT2D eigenvalue weighted by atomic mass is 10.1. The van der Waals surface area contributed by atoms with Crippen molar-refractivity contribution in [1.29, 1.82) is 0 Å². The number of likely N-dealkylation sites (tertiary alicyclic amines) is 1. The van der Waals surface area contributed by atoms with Crippen LogP contribution in [-0.4, -0.2) is 44.9 Å². The highest BCUT2D eigenvalue weighted by molar-refractivity contribution is 7.71. The van der Waals surface area contributed by atoms with Gasteiger partial charge in [-0.3, -0.25) is 14.3 Å². The molecule has 0 atom stereocenters. The number of nitrogens with zero attached hydrogens (tertiary/aromatic N) is 3. The second kappa shape index (κ2) is 6.58. The minimum atomic E-state index is 0.430. The van der Waals surface area contributed by atoms with Gasteiger partial charge in [0.25, 0.3) is 0 Å². The Bertz CT molecular complexity index is 594. The van der Waals surface area contributed by atoms with Crippen molar-refractivity contribution < 1.29 is 4.79 Å². The quantitative estimate of drug-likeness (QED) is 0.811. The van der Waals surface area contributed by atoms with Gasteiger partial charge in [0.1, 0.15) is 5.78 Å². The SMILES string of the molecule is CCN1CCC(=O)CC1.S=c1[nH]nc2ccccn12. The maximum Gasteiger partial charge on any atom is 0.199 e. The lowest BCUT2D eigenvalue weighted by molar-refractivity contribution is -0.121. The molecule has 2 aromatic heterocycles. The van der Waals surface area contributed by atoms with Crippen molar-refractivity contribution in [3.8, 4) is 0 Å². The Morgan fingerprint density at radius 2 is 2.11 bits per heavy atom. The van der Waals surface area contributed by atoms with E-state index in [1.165, 1.54) is 0 Å². The molecule has 102 valence electrons. The Balaban J connectivity index is 0.000000141. The Labute approximate surface area is 117 Å². The summed E-state index contributed by atoms with van der Waals surface area (Å²) >= 11 is 4.93. The first-order chi connectivity index (χ1) is 9.20. The highest BCUT2D eigenvalue weighted by Crippen LogP contribution is 2.03. The lowest BCUT2D eigenvalue weighted by Gasteiger charge is -2.23. The zero-order valence-electron chi connectivity index (χ0n) is 11.0. The molecule has 0 radical (unpaired) electrons. The molecule has 3 rings (SSSR count). The summed E-state index contributed by atoms with van der Waals surface area (Å²) in [5.41, 5.74) is 0.854. The number of Topliss-reactive ketones (excluding diaryl/α,β-unsaturated/α-hetero) is 1. The summed E-state index contributed by atoms with van der Waals surface area (Å²) in [5.74, 6) is 0.430. The predicted octanol–water partition coefficient (Wildman–Crippen LogP) is 2.06. The second-order valence-corrected chi connectivity index (χ2v) is 4.82. The van der Waals surface area contributed by atoms with Gasteiger partial charge in [0.05, 0.1) is 0 Å². The Hall–Kier alpha value is -1.53. The van der Waals surface area contributed by atoms with Crippen LogP contribution in [-0.2, 0) is 4.79 Å². The van der Waals surface area contributed by atoms with Crippen LogP contribution in [0.5, 0.6) is 0 Å².